The normalized spacial score (nSPS) is 16.8. The van der Waals surface area contributed by atoms with E-state index in [4.69, 9.17) is 0 Å². The van der Waals surface area contributed by atoms with E-state index in [-0.39, 0.29) is 17.4 Å². The quantitative estimate of drug-likeness (QED) is 0.599. The number of rotatable bonds is 6. The molecule has 1 aliphatic heterocycles. The summed E-state index contributed by atoms with van der Waals surface area (Å²) < 4.78 is 0. The van der Waals surface area contributed by atoms with Crippen LogP contribution in [0.4, 0.5) is 11.5 Å². The summed E-state index contributed by atoms with van der Waals surface area (Å²) >= 11 is 1.63. The summed E-state index contributed by atoms with van der Waals surface area (Å²) in [7, 11) is 1.91. The first kappa shape index (κ1) is 20.8. The number of fused-ring (bicyclic) bond motifs is 4. The lowest BCUT2D eigenvalue weighted by atomic mass is 9.87. The summed E-state index contributed by atoms with van der Waals surface area (Å²) in [6.45, 7) is 3.46. The average molecular weight is 451 g/mol. The fourth-order valence-corrected chi connectivity index (χ4v) is 5.79. The SMILES string of the molecule is CCCCN(C)C(=O)[C@H]1CCc2c(sc3ncnc(Nc4cc5c([nH]c4=O)CN=C5)c23)C1. The Balaban J connectivity index is 1.44. The van der Waals surface area contributed by atoms with Crippen molar-refractivity contribution in [3.8, 4) is 0 Å². The lowest BCUT2D eigenvalue weighted by molar-refractivity contribution is -0.134. The second-order valence-corrected chi connectivity index (χ2v) is 9.58. The highest BCUT2D eigenvalue weighted by atomic mass is 32.1. The van der Waals surface area contributed by atoms with E-state index in [1.54, 1.807) is 17.6 Å². The van der Waals surface area contributed by atoms with Crippen molar-refractivity contribution in [1.29, 1.82) is 0 Å². The van der Waals surface area contributed by atoms with Crippen molar-refractivity contribution in [3.05, 3.63) is 44.4 Å². The van der Waals surface area contributed by atoms with Crippen molar-refractivity contribution >= 4 is 45.2 Å². The van der Waals surface area contributed by atoms with Crippen LogP contribution in [-0.4, -0.2) is 45.6 Å². The minimum Gasteiger partial charge on any atom is -0.346 e. The van der Waals surface area contributed by atoms with Gasteiger partial charge in [-0.2, -0.15) is 0 Å². The van der Waals surface area contributed by atoms with Crippen LogP contribution in [0.1, 0.15) is 47.9 Å². The number of aliphatic imine (C=N–C) groups is 1. The van der Waals surface area contributed by atoms with Gasteiger partial charge in [0.1, 0.15) is 22.7 Å². The smallest absolute Gasteiger partial charge is 0.271 e. The van der Waals surface area contributed by atoms with Crippen molar-refractivity contribution in [1.82, 2.24) is 19.9 Å². The van der Waals surface area contributed by atoms with Crippen LogP contribution in [0, 0.1) is 5.92 Å². The fourth-order valence-electron chi connectivity index (χ4n) is 4.52. The van der Waals surface area contributed by atoms with Crippen LogP contribution >= 0.6 is 11.3 Å². The molecule has 8 nitrogen and oxygen atoms in total. The first-order chi connectivity index (χ1) is 15.5. The Morgan fingerprint density at radius 1 is 1.38 bits per heavy atom. The van der Waals surface area contributed by atoms with Crippen molar-refractivity contribution in [2.45, 2.75) is 45.6 Å². The van der Waals surface area contributed by atoms with E-state index in [9.17, 15) is 9.59 Å². The number of thiophene rings is 1. The summed E-state index contributed by atoms with van der Waals surface area (Å²) in [4.78, 5) is 45.5. The molecule has 3 aromatic heterocycles. The van der Waals surface area contributed by atoms with Crippen molar-refractivity contribution in [2.75, 3.05) is 18.9 Å². The first-order valence-corrected chi connectivity index (χ1v) is 11.9. The van der Waals surface area contributed by atoms with Crippen LogP contribution in [0.3, 0.4) is 0 Å². The van der Waals surface area contributed by atoms with Crippen LogP contribution in [0.2, 0.25) is 0 Å². The van der Waals surface area contributed by atoms with Gasteiger partial charge in [-0.3, -0.25) is 14.6 Å². The molecule has 2 N–H and O–H groups in total. The van der Waals surface area contributed by atoms with E-state index in [1.165, 1.54) is 16.8 Å². The fraction of sp³-hybridized carbons (Fsp3) is 0.435. The van der Waals surface area contributed by atoms with E-state index < -0.39 is 0 Å². The molecule has 4 heterocycles. The molecular formula is C23H26N6O2S. The number of nitrogens with zero attached hydrogens (tertiary/aromatic N) is 4. The third-order valence-electron chi connectivity index (χ3n) is 6.31. The molecule has 1 atom stereocenters. The number of carbonyl (C=O) groups is 1. The molecule has 0 bridgehead atoms. The predicted molar refractivity (Wildman–Crippen MR) is 127 cm³/mol. The Morgan fingerprint density at radius 2 is 2.25 bits per heavy atom. The Morgan fingerprint density at radius 3 is 3.09 bits per heavy atom. The lowest BCUT2D eigenvalue weighted by Gasteiger charge is -2.26. The van der Waals surface area contributed by atoms with Gasteiger partial charge in [0.15, 0.2) is 0 Å². The summed E-state index contributed by atoms with van der Waals surface area (Å²) in [6.07, 6.45) is 7.77. The molecule has 9 heteroatoms. The number of aromatic amines is 1. The topological polar surface area (TPSA) is 103 Å². The third kappa shape index (κ3) is 3.70. The third-order valence-corrected chi connectivity index (χ3v) is 7.47. The number of H-pyrrole nitrogens is 1. The highest BCUT2D eigenvalue weighted by Crippen LogP contribution is 2.40. The van der Waals surface area contributed by atoms with Gasteiger partial charge in [0.05, 0.1) is 11.9 Å². The van der Waals surface area contributed by atoms with Gasteiger partial charge in [-0.25, -0.2) is 9.97 Å². The number of hydrogen-bond acceptors (Lipinski definition) is 7. The zero-order valence-electron chi connectivity index (χ0n) is 18.3. The second kappa shape index (κ2) is 8.46. The number of nitrogens with one attached hydrogen (secondary N) is 2. The molecule has 166 valence electrons. The van der Waals surface area contributed by atoms with Crippen LogP contribution in [-0.2, 0) is 24.2 Å². The average Bonchev–Trinajstić information content (AvgIpc) is 3.40. The summed E-state index contributed by atoms with van der Waals surface area (Å²) in [5.41, 5.74) is 3.20. The van der Waals surface area contributed by atoms with E-state index in [2.05, 4.69) is 32.2 Å². The summed E-state index contributed by atoms with van der Waals surface area (Å²) in [5, 5.41) is 4.20. The zero-order valence-corrected chi connectivity index (χ0v) is 19.1. The van der Waals surface area contributed by atoms with Crippen LogP contribution in [0.5, 0.6) is 0 Å². The monoisotopic (exact) mass is 450 g/mol. The van der Waals surface area contributed by atoms with Crippen molar-refractivity contribution < 1.29 is 4.79 Å². The Kier molecular flexibility index (Phi) is 5.50. The number of amides is 1. The molecule has 0 saturated heterocycles. The Hall–Kier alpha value is -3.07. The Bertz CT molecular complexity index is 1280. The molecule has 0 saturated carbocycles. The first-order valence-electron chi connectivity index (χ1n) is 11.1. The molecule has 2 aliphatic rings. The number of aromatic nitrogens is 3. The molecule has 0 fully saturated rings. The van der Waals surface area contributed by atoms with Gasteiger partial charge >= 0.3 is 0 Å². The van der Waals surface area contributed by atoms with Gasteiger partial charge in [-0.05, 0) is 37.3 Å². The highest BCUT2D eigenvalue weighted by molar-refractivity contribution is 7.19. The maximum absolute atomic E-state index is 12.9. The molecule has 32 heavy (non-hydrogen) atoms. The van der Waals surface area contributed by atoms with Crippen molar-refractivity contribution in [2.24, 2.45) is 10.9 Å². The van der Waals surface area contributed by atoms with E-state index in [0.29, 0.717) is 18.1 Å². The van der Waals surface area contributed by atoms with Crippen LogP contribution in [0.25, 0.3) is 10.2 Å². The minimum atomic E-state index is -0.189. The number of hydrogen-bond donors (Lipinski definition) is 2. The van der Waals surface area contributed by atoms with Gasteiger partial charge < -0.3 is 15.2 Å². The van der Waals surface area contributed by atoms with Crippen LogP contribution in [0.15, 0.2) is 22.2 Å². The van der Waals surface area contributed by atoms with E-state index >= 15 is 0 Å². The number of pyridine rings is 1. The number of unbranched alkanes of at least 4 members (excludes halogenated alkanes) is 1. The van der Waals surface area contributed by atoms with Gasteiger partial charge in [0.2, 0.25) is 5.91 Å². The standard InChI is InChI=1S/C23H26N6O2S/c1-3-4-7-29(2)23(31)13-5-6-15-18(9-13)32-22-19(15)20(25-12-26-22)27-16-8-14-10-24-11-17(14)28-21(16)30/h8,10,12-13H,3-7,9,11H2,1-2H3,(H,28,30)(H,25,26,27)/t13-/m0/s1. The molecule has 0 spiro atoms. The van der Waals surface area contributed by atoms with Gasteiger partial charge in [-0.1, -0.05) is 13.3 Å². The van der Waals surface area contributed by atoms with E-state index in [1.807, 2.05) is 18.0 Å². The number of aryl methyl sites for hydroxylation is 1. The largest absolute Gasteiger partial charge is 0.346 e. The number of anilines is 2. The maximum Gasteiger partial charge on any atom is 0.271 e. The molecule has 1 aliphatic carbocycles. The van der Waals surface area contributed by atoms with Crippen molar-refractivity contribution in [3.63, 3.8) is 0 Å². The maximum atomic E-state index is 12.9. The number of carbonyl (C=O) groups excluding carboxylic acids is 1. The van der Waals surface area contributed by atoms with Gasteiger partial charge in [0, 0.05) is 41.9 Å². The summed E-state index contributed by atoms with van der Waals surface area (Å²) in [6, 6.07) is 1.82. The minimum absolute atomic E-state index is 0.0145. The molecule has 1 amide bonds. The van der Waals surface area contributed by atoms with E-state index in [0.717, 1.165) is 60.1 Å². The Labute approximate surface area is 189 Å². The lowest BCUT2D eigenvalue weighted by Crippen LogP contribution is -2.36. The second-order valence-electron chi connectivity index (χ2n) is 8.50. The van der Waals surface area contributed by atoms with Crippen LogP contribution < -0.4 is 10.9 Å². The van der Waals surface area contributed by atoms with Gasteiger partial charge in [-0.15, -0.1) is 11.3 Å². The molecule has 0 unspecified atom stereocenters. The van der Waals surface area contributed by atoms with Gasteiger partial charge in [0.25, 0.3) is 5.56 Å². The predicted octanol–water partition coefficient (Wildman–Crippen LogP) is 3.42. The molecule has 0 aromatic carbocycles. The molecule has 5 rings (SSSR count). The summed E-state index contributed by atoms with van der Waals surface area (Å²) in [5.74, 6) is 0.885. The molecule has 3 aromatic rings. The molecule has 0 radical (unpaired) electrons. The zero-order chi connectivity index (χ0) is 22.2. The molecular weight excluding hydrogens is 424 g/mol. The highest BCUT2D eigenvalue weighted by Gasteiger charge is 2.30.